The number of nitrogens with one attached hydrogen (secondary N) is 1. The molecule has 4 atom stereocenters. The van der Waals surface area contributed by atoms with Gasteiger partial charge in [-0.3, -0.25) is 0 Å². The zero-order chi connectivity index (χ0) is 14.8. The Labute approximate surface area is 119 Å². The fourth-order valence-corrected chi connectivity index (χ4v) is 3.38. The molecule has 5 nitrogen and oxygen atoms in total. The van der Waals surface area contributed by atoms with Crippen molar-refractivity contribution in [3.05, 3.63) is 0 Å². The number of hydrogen-bond donors (Lipinski definition) is 2. The van der Waals surface area contributed by atoms with Crippen LogP contribution in [0.3, 0.4) is 0 Å². The molecule has 0 aromatic carbocycles. The van der Waals surface area contributed by atoms with Crippen LogP contribution in [0.4, 0.5) is 4.79 Å². The Balaban J connectivity index is 2.55. The average molecular weight is 290 g/mol. The van der Waals surface area contributed by atoms with Gasteiger partial charge in [0.15, 0.2) is 0 Å². The van der Waals surface area contributed by atoms with E-state index < -0.39 is 17.5 Å². The van der Waals surface area contributed by atoms with Crippen molar-refractivity contribution in [2.45, 2.75) is 51.8 Å². The van der Waals surface area contributed by atoms with Crippen molar-refractivity contribution in [2.24, 2.45) is 11.8 Å². The minimum absolute atomic E-state index is 0.131. The van der Waals surface area contributed by atoms with E-state index in [2.05, 4.69) is 11.6 Å². The predicted molar refractivity (Wildman–Crippen MR) is 77.4 cm³/mol. The highest BCUT2D eigenvalue weighted by Gasteiger charge is 2.36. The first-order valence-corrected chi connectivity index (χ1v) is 7.94. The normalized spacial score (nSPS) is 28.0. The summed E-state index contributed by atoms with van der Waals surface area (Å²) >= 11 is -1.08. The van der Waals surface area contributed by atoms with Gasteiger partial charge in [0.05, 0.1) is 6.04 Å². The van der Waals surface area contributed by atoms with Crippen molar-refractivity contribution in [3.8, 4) is 0 Å². The minimum atomic E-state index is -1.08. The van der Waals surface area contributed by atoms with Gasteiger partial charge >= 0.3 is 6.09 Å². The third-order valence-corrected chi connectivity index (χ3v) is 5.43. The van der Waals surface area contributed by atoms with Crippen molar-refractivity contribution >= 4 is 17.5 Å². The van der Waals surface area contributed by atoms with Crippen LogP contribution >= 0.6 is 0 Å². The molecule has 1 aliphatic rings. The van der Waals surface area contributed by atoms with E-state index >= 15 is 0 Å². The zero-order valence-corrected chi connectivity index (χ0v) is 13.3. The summed E-state index contributed by atoms with van der Waals surface area (Å²) in [4.78, 5) is 12.4. The summed E-state index contributed by atoms with van der Waals surface area (Å²) in [5.74, 6) is 0.645. The molecule has 1 heterocycles. The summed E-state index contributed by atoms with van der Waals surface area (Å²) < 4.78 is 15.0. The number of amides is 1. The minimum Gasteiger partial charge on any atom is -0.598 e. The third kappa shape index (κ3) is 4.54. The fourth-order valence-electron chi connectivity index (χ4n) is 2.51. The molecule has 1 saturated heterocycles. The van der Waals surface area contributed by atoms with Crippen molar-refractivity contribution in [1.29, 1.82) is 0 Å². The quantitative estimate of drug-likeness (QED) is 0.780. The first-order chi connectivity index (χ1) is 8.62. The Morgan fingerprint density at radius 1 is 1.53 bits per heavy atom. The molecule has 2 unspecified atom stereocenters. The van der Waals surface area contributed by atoms with Crippen molar-refractivity contribution in [3.63, 3.8) is 0 Å². The summed E-state index contributed by atoms with van der Waals surface area (Å²) in [6.07, 6.45) is -0.0210. The maximum atomic E-state index is 12.1. The van der Waals surface area contributed by atoms with Gasteiger partial charge in [-0.05, 0) is 46.0 Å². The molecule has 1 amide bonds. The van der Waals surface area contributed by atoms with E-state index in [1.807, 2.05) is 27.7 Å². The Bertz CT molecular complexity index is 320. The first kappa shape index (κ1) is 16.6. The van der Waals surface area contributed by atoms with Gasteiger partial charge in [0.25, 0.3) is 0 Å². The fraction of sp³-hybridized carbons (Fsp3) is 0.923. The molecule has 0 aromatic rings. The van der Waals surface area contributed by atoms with Gasteiger partial charge in [-0.1, -0.05) is 6.92 Å². The zero-order valence-electron chi connectivity index (χ0n) is 12.5. The van der Waals surface area contributed by atoms with Crippen LogP contribution in [-0.4, -0.2) is 44.5 Å². The molecule has 1 aliphatic heterocycles. The van der Waals surface area contributed by atoms with Crippen molar-refractivity contribution < 1.29 is 14.5 Å². The second kappa shape index (κ2) is 6.33. The van der Waals surface area contributed by atoms with E-state index in [1.54, 1.807) is 0 Å². The highest BCUT2D eigenvalue weighted by Crippen LogP contribution is 2.27. The van der Waals surface area contributed by atoms with Crippen LogP contribution in [0, 0.1) is 11.8 Å². The first-order valence-electron chi connectivity index (χ1n) is 6.79. The van der Waals surface area contributed by atoms with Crippen LogP contribution in [0.5, 0.6) is 0 Å². The largest absolute Gasteiger partial charge is 0.598 e. The maximum absolute atomic E-state index is 12.1. The van der Waals surface area contributed by atoms with Gasteiger partial charge in [-0.25, -0.2) is 4.79 Å². The lowest BCUT2D eigenvalue weighted by Gasteiger charge is -2.39. The predicted octanol–water partition coefficient (Wildman–Crippen LogP) is 2.06. The Morgan fingerprint density at radius 3 is 2.53 bits per heavy atom. The van der Waals surface area contributed by atoms with Gasteiger partial charge in [0.2, 0.25) is 0 Å². The number of rotatable bonds is 3. The summed E-state index contributed by atoms with van der Waals surface area (Å²) in [6, 6.07) is 0.131. The molecule has 19 heavy (non-hydrogen) atoms. The van der Waals surface area contributed by atoms with Crippen LogP contribution in [0.15, 0.2) is 0 Å². The number of carboxylic acid groups (broad SMARTS) is 1. The lowest BCUT2D eigenvalue weighted by molar-refractivity contribution is 0.0935. The van der Waals surface area contributed by atoms with Crippen molar-refractivity contribution in [1.82, 2.24) is 9.62 Å². The number of hydrogen-bond acceptors (Lipinski definition) is 3. The Hall–Kier alpha value is -0.460. The Morgan fingerprint density at radius 2 is 2.11 bits per heavy atom. The maximum Gasteiger partial charge on any atom is 0.407 e. The summed E-state index contributed by atoms with van der Waals surface area (Å²) in [7, 11) is 0. The smallest absolute Gasteiger partial charge is 0.407 e. The topological polar surface area (TPSA) is 75.6 Å². The molecule has 0 saturated carbocycles. The lowest BCUT2D eigenvalue weighted by Crippen LogP contribution is -2.51. The number of nitrogens with zero attached hydrogens (tertiary/aromatic N) is 1. The molecule has 0 bridgehead atoms. The van der Waals surface area contributed by atoms with E-state index in [9.17, 15) is 9.35 Å². The van der Waals surface area contributed by atoms with Gasteiger partial charge in [-0.15, -0.1) is 4.72 Å². The van der Waals surface area contributed by atoms with E-state index in [1.165, 1.54) is 4.90 Å². The molecule has 1 fully saturated rings. The average Bonchev–Trinajstić information content (AvgIpc) is 2.26. The van der Waals surface area contributed by atoms with Gasteiger partial charge in [-0.2, -0.15) is 0 Å². The highest BCUT2D eigenvalue weighted by atomic mass is 32.2. The number of carbonyl (C=O) groups is 1. The van der Waals surface area contributed by atoms with Crippen LogP contribution < -0.4 is 4.72 Å². The number of piperidine rings is 1. The van der Waals surface area contributed by atoms with Crippen LogP contribution in [-0.2, 0) is 11.4 Å². The molecular formula is C13H26N2O3S. The monoisotopic (exact) mass is 290 g/mol. The molecule has 0 spiro atoms. The molecule has 0 aliphatic carbocycles. The van der Waals surface area contributed by atoms with Gasteiger partial charge in [0.1, 0.15) is 4.75 Å². The molecule has 6 heteroatoms. The second-order valence-electron chi connectivity index (χ2n) is 6.45. The molecule has 1 rings (SSSR count). The SMILES string of the molecule is CC(N[S+]([O-])C(C)(C)C)[C@H]1CCN(C(=O)O)C[C@H]1C. The molecular weight excluding hydrogens is 264 g/mol. The second-order valence-corrected chi connectivity index (χ2v) is 8.44. The summed E-state index contributed by atoms with van der Waals surface area (Å²) in [5.41, 5.74) is 0. The van der Waals surface area contributed by atoms with Crippen LogP contribution in [0.25, 0.3) is 0 Å². The summed E-state index contributed by atoms with van der Waals surface area (Å²) in [6.45, 7) is 11.1. The van der Waals surface area contributed by atoms with E-state index in [0.29, 0.717) is 19.0 Å². The van der Waals surface area contributed by atoms with E-state index in [-0.39, 0.29) is 16.7 Å². The molecule has 0 aromatic heterocycles. The molecule has 112 valence electrons. The van der Waals surface area contributed by atoms with Crippen LogP contribution in [0.1, 0.15) is 41.0 Å². The number of likely N-dealkylation sites (tertiary alicyclic amines) is 1. The van der Waals surface area contributed by atoms with Crippen molar-refractivity contribution in [2.75, 3.05) is 13.1 Å². The third-order valence-electron chi connectivity index (χ3n) is 3.73. The van der Waals surface area contributed by atoms with Gasteiger partial charge < -0.3 is 14.6 Å². The summed E-state index contributed by atoms with van der Waals surface area (Å²) in [5, 5.41) is 8.99. The lowest BCUT2D eigenvalue weighted by atomic mass is 9.82. The van der Waals surface area contributed by atoms with Crippen LogP contribution in [0.2, 0.25) is 0 Å². The Kier molecular flexibility index (Phi) is 5.53. The highest BCUT2D eigenvalue weighted by molar-refractivity contribution is 7.90. The molecule has 2 N–H and O–H groups in total. The van der Waals surface area contributed by atoms with E-state index in [0.717, 1.165) is 6.42 Å². The standard InChI is InChI=1S/C13H26N2O3S/c1-9-8-15(12(16)17)7-6-11(9)10(2)14-19(18)13(3,4)5/h9-11,14H,6-8H2,1-5H3,(H,16,17)/t9-,10?,11+,19?/m1/s1. The molecule has 0 radical (unpaired) electrons. The van der Waals surface area contributed by atoms with Gasteiger partial charge in [0, 0.05) is 24.5 Å². The van der Waals surface area contributed by atoms with E-state index in [4.69, 9.17) is 5.11 Å².